The average Bonchev–Trinajstić information content (AvgIpc) is 2.29. The van der Waals surface area contributed by atoms with E-state index in [1.165, 1.54) is 6.33 Å². The number of aromatic amines is 1. The van der Waals surface area contributed by atoms with Gasteiger partial charge in [0.15, 0.2) is 5.52 Å². The maximum absolute atomic E-state index is 11.4. The van der Waals surface area contributed by atoms with Crippen molar-refractivity contribution >= 4 is 21.9 Å². The number of hydrogen-bond donors (Lipinski definition) is 1. The molecule has 72 valence electrons. The Hall–Kier alpha value is -2.30. The Morgan fingerprint density at radius 1 is 1.07 bits per heavy atom. The van der Waals surface area contributed by atoms with Gasteiger partial charge in [0, 0.05) is 5.39 Å². The van der Waals surface area contributed by atoms with Gasteiger partial charge in [0.2, 0.25) is 0 Å². The number of fused-ring (bicyclic) bond motifs is 3. The third-order valence-electron chi connectivity index (χ3n) is 2.25. The molecule has 0 amide bonds. The van der Waals surface area contributed by atoms with E-state index in [-0.39, 0.29) is 11.1 Å². The Balaban J connectivity index is 2.67. The fourth-order valence-corrected chi connectivity index (χ4v) is 1.55. The lowest BCUT2D eigenvalue weighted by molar-refractivity contribution is 1.07. The van der Waals surface area contributed by atoms with Crippen LogP contribution in [0.1, 0.15) is 0 Å². The number of H-pyrrole nitrogens is 1. The molecular formula is C10H6N4O. The van der Waals surface area contributed by atoms with Crippen molar-refractivity contribution in [3.8, 4) is 0 Å². The zero-order valence-corrected chi connectivity index (χ0v) is 7.64. The summed E-state index contributed by atoms with van der Waals surface area (Å²) in [5.41, 5.74) is 1.34. The molecule has 3 rings (SSSR count). The first-order valence-electron chi connectivity index (χ1n) is 4.45. The molecule has 0 fully saturated rings. The van der Waals surface area contributed by atoms with Crippen molar-refractivity contribution in [3.05, 3.63) is 40.9 Å². The summed E-state index contributed by atoms with van der Waals surface area (Å²) in [6.45, 7) is 0. The van der Waals surface area contributed by atoms with Crippen LogP contribution in [-0.2, 0) is 0 Å². The molecule has 0 spiro atoms. The van der Waals surface area contributed by atoms with E-state index in [9.17, 15) is 4.79 Å². The van der Waals surface area contributed by atoms with Gasteiger partial charge in [-0.25, -0.2) is 4.98 Å². The molecule has 1 N–H and O–H groups in total. The van der Waals surface area contributed by atoms with E-state index < -0.39 is 0 Å². The Morgan fingerprint density at radius 3 is 2.87 bits per heavy atom. The molecule has 0 saturated heterocycles. The summed E-state index contributed by atoms with van der Waals surface area (Å²) < 4.78 is 0. The van der Waals surface area contributed by atoms with Crippen LogP contribution in [0.3, 0.4) is 0 Å². The van der Waals surface area contributed by atoms with E-state index in [2.05, 4.69) is 20.2 Å². The second-order valence-corrected chi connectivity index (χ2v) is 3.15. The van der Waals surface area contributed by atoms with Gasteiger partial charge in [-0.1, -0.05) is 18.2 Å². The molecule has 0 aliphatic carbocycles. The first-order chi connectivity index (χ1) is 7.36. The van der Waals surface area contributed by atoms with Crippen LogP contribution < -0.4 is 5.56 Å². The van der Waals surface area contributed by atoms with Crippen LogP contribution in [-0.4, -0.2) is 20.2 Å². The summed E-state index contributed by atoms with van der Waals surface area (Å²) >= 11 is 0. The van der Waals surface area contributed by atoms with Gasteiger partial charge in [-0.05, 0) is 6.07 Å². The fourth-order valence-electron chi connectivity index (χ4n) is 1.55. The van der Waals surface area contributed by atoms with Crippen molar-refractivity contribution in [3.63, 3.8) is 0 Å². The zero-order valence-electron chi connectivity index (χ0n) is 7.64. The fraction of sp³-hybridized carbons (Fsp3) is 0. The Labute approximate surface area is 83.8 Å². The predicted octanol–water partition coefficient (Wildman–Crippen LogP) is 0.866. The van der Waals surface area contributed by atoms with Gasteiger partial charge in [-0.15, -0.1) is 10.2 Å². The number of rotatable bonds is 0. The normalized spacial score (nSPS) is 10.9. The summed E-state index contributed by atoms with van der Waals surface area (Å²) in [7, 11) is 0. The standard InChI is InChI=1S/C10H6N4O/c15-10-9-8(11-5-12-10)6-3-1-2-4-7(6)13-14-9/h1-5H,(H,11,12,15). The van der Waals surface area contributed by atoms with Crippen LogP contribution >= 0.6 is 0 Å². The molecular weight excluding hydrogens is 192 g/mol. The first-order valence-corrected chi connectivity index (χ1v) is 4.45. The average molecular weight is 198 g/mol. The van der Waals surface area contributed by atoms with E-state index in [0.29, 0.717) is 5.52 Å². The highest BCUT2D eigenvalue weighted by molar-refractivity contribution is 6.00. The second kappa shape index (κ2) is 2.84. The molecule has 0 bridgehead atoms. The first kappa shape index (κ1) is 8.05. The van der Waals surface area contributed by atoms with Gasteiger partial charge >= 0.3 is 0 Å². The Kier molecular flexibility index (Phi) is 1.53. The predicted molar refractivity (Wildman–Crippen MR) is 55.5 cm³/mol. The Morgan fingerprint density at radius 2 is 1.93 bits per heavy atom. The van der Waals surface area contributed by atoms with Crippen molar-refractivity contribution in [1.29, 1.82) is 0 Å². The summed E-state index contributed by atoms with van der Waals surface area (Å²) in [5.74, 6) is 0. The number of hydrogen-bond acceptors (Lipinski definition) is 4. The summed E-state index contributed by atoms with van der Waals surface area (Å²) in [5, 5.41) is 8.65. The smallest absolute Gasteiger partial charge is 0.279 e. The maximum atomic E-state index is 11.4. The molecule has 0 aliphatic rings. The van der Waals surface area contributed by atoms with E-state index in [4.69, 9.17) is 0 Å². The highest BCUT2D eigenvalue weighted by Crippen LogP contribution is 2.16. The molecule has 2 aromatic heterocycles. The SMILES string of the molecule is O=c1[nH]cnc2c1nnc1ccccc12. The minimum absolute atomic E-state index is 0.266. The van der Waals surface area contributed by atoms with E-state index in [1.807, 2.05) is 24.3 Å². The number of nitrogens with zero attached hydrogens (tertiary/aromatic N) is 3. The maximum Gasteiger partial charge on any atom is 0.279 e. The third-order valence-corrected chi connectivity index (χ3v) is 2.25. The second-order valence-electron chi connectivity index (χ2n) is 3.15. The molecule has 0 atom stereocenters. The quantitative estimate of drug-likeness (QED) is 0.544. The van der Waals surface area contributed by atoms with Gasteiger partial charge < -0.3 is 4.98 Å². The molecule has 15 heavy (non-hydrogen) atoms. The van der Waals surface area contributed by atoms with Crippen LogP contribution in [0.4, 0.5) is 0 Å². The highest BCUT2D eigenvalue weighted by Gasteiger charge is 2.05. The lowest BCUT2D eigenvalue weighted by Gasteiger charge is -1.98. The van der Waals surface area contributed by atoms with Crippen molar-refractivity contribution in [2.45, 2.75) is 0 Å². The molecule has 0 aliphatic heterocycles. The number of aromatic nitrogens is 4. The van der Waals surface area contributed by atoms with E-state index >= 15 is 0 Å². The monoisotopic (exact) mass is 198 g/mol. The van der Waals surface area contributed by atoms with Gasteiger partial charge in [0.25, 0.3) is 5.56 Å². The molecule has 0 unspecified atom stereocenters. The van der Waals surface area contributed by atoms with Crippen LogP contribution in [0.25, 0.3) is 21.9 Å². The largest absolute Gasteiger partial charge is 0.311 e. The zero-order chi connectivity index (χ0) is 10.3. The summed E-state index contributed by atoms with van der Waals surface area (Å²) in [6, 6.07) is 7.46. The van der Waals surface area contributed by atoms with Crippen molar-refractivity contribution in [2.24, 2.45) is 0 Å². The topological polar surface area (TPSA) is 71.5 Å². The Bertz CT molecular complexity index is 704. The molecule has 3 aromatic rings. The van der Waals surface area contributed by atoms with Gasteiger partial charge in [-0.3, -0.25) is 4.79 Å². The van der Waals surface area contributed by atoms with Gasteiger partial charge in [0.05, 0.1) is 11.8 Å². The minimum atomic E-state index is -0.266. The summed E-state index contributed by atoms with van der Waals surface area (Å²) in [4.78, 5) is 18.0. The van der Waals surface area contributed by atoms with Crippen LogP contribution in [0, 0.1) is 0 Å². The van der Waals surface area contributed by atoms with Crippen LogP contribution in [0.5, 0.6) is 0 Å². The van der Waals surface area contributed by atoms with E-state index in [0.717, 1.165) is 10.9 Å². The number of benzene rings is 1. The van der Waals surface area contributed by atoms with E-state index in [1.54, 1.807) is 0 Å². The lowest BCUT2D eigenvalue weighted by Crippen LogP contribution is -2.09. The van der Waals surface area contributed by atoms with Crippen LogP contribution in [0.2, 0.25) is 0 Å². The molecule has 0 radical (unpaired) electrons. The molecule has 5 nitrogen and oxygen atoms in total. The minimum Gasteiger partial charge on any atom is -0.311 e. The highest BCUT2D eigenvalue weighted by atomic mass is 16.1. The molecule has 2 heterocycles. The van der Waals surface area contributed by atoms with Crippen molar-refractivity contribution in [2.75, 3.05) is 0 Å². The molecule has 5 heteroatoms. The van der Waals surface area contributed by atoms with Crippen molar-refractivity contribution in [1.82, 2.24) is 20.2 Å². The summed E-state index contributed by atoms with van der Waals surface area (Å²) in [6.07, 6.45) is 1.37. The van der Waals surface area contributed by atoms with Gasteiger partial charge in [0.1, 0.15) is 5.52 Å². The third kappa shape index (κ3) is 1.10. The van der Waals surface area contributed by atoms with Crippen molar-refractivity contribution < 1.29 is 0 Å². The number of nitrogens with one attached hydrogen (secondary N) is 1. The van der Waals surface area contributed by atoms with Gasteiger partial charge in [-0.2, -0.15) is 0 Å². The lowest BCUT2D eigenvalue weighted by atomic mass is 10.2. The van der Waals surface area contributed by atoms with Crippen LogP contribution in [0.15, 0.2) is 35.4 Å². The molecule has 0 saturated carbocycles. The molecule has 1 aromatic carbocycles.